The van der Waals surface area contributed by atoms with Crippen LogP contribution in [0.4, 0.5) is 8.78 Å². The van der Waals surface area contributed by atoms with Crippen LogP contribution in [0.15, 0.2) is 30.6 Å². The van der Waals surface area contributed by atoms with E-state index >= 15 is 0 Å². The number of benzene rings is 1. The van der Waals surface area contributed by atoms with Crippen molar-refractivity contribution in [3.63, 3.8) is 0 Å². The van der Waals surface area contributed by atoms with Gasteiger partial charge in [-0.2, -0.15) is 8.78 Å². The van der Waals surface area contributed by atoms with Gasteiger partial charge in [0, 0.05) is 25.9 Å². The van der Waals surface area contributed by atoms with E-state index in [0.717, 1.165) is 0 Å². The molecule has 3 rings (SSSR count). The summed E-state index contributed by atoms with van der Waals surface area (Å²) in [6, 6.07) is 4.95. The third-order valence-electron chi connectivity index (χ3n) is 5.46. The maximum atomic E-state index is 13.5. The van der Waals surface area contributed by atoms with Crippen LogP contribution in [0.2, 0.25) is 5.02 Å². The average Bonchev–Trinajstić information content (AvgIpc) is 3.25. The minimum Gasteiger partial charge on any atom is -0.494 e. The Labute approximate surface area is 217 Å². The lowest BCUT2D eigenvalue weighted by molar-refractivity contribution is -0.128. The molecule has 3 aromatic rings. The molecule has 0 N–H and O–H groups in total. The van der Waals surface area contributed by atoms with Crippen LogP contribution in [0.25, 0.3) is 5.69 Å². The quantitative estimate of drug-likeness (QED) is 0.307. The number of rotatable bonds is 13. The number of ether oxygens (including phenoxy) is 4. The molecule has 0 unspecified atom stereocenters. The second-order valence-electron chi connectivity index (χ2n) is 7.69. The molecule has 0 aliphatic carbocycles. The highest BCUT2D eigenvalue weighted by Gasteiger charge is 2.35. The van der Waals surface area contributed by atoms with Crippen LogP contribution < -0.4 is 9.47 Å². The molecule has 0 bridgehead atoms. The first-order chi connectivity index (χ1) is 17.6. The fourth-order valence-electron chi connectivity index (χ4n) is 3.63. The predicted molar refractivity (Wildman–Crippen MR) is 129 cm³/mol. The van der Waals surface area contributed by atoms with Gasteiger partial charge in [0.1, 0.15) is 34.9 Å². The van der Waals surface area contributed by atoms with Gasteiger partial charge in [-0.25, -0.2) is 18.4 Å². The van der Waals surface area contributed by atoms with Gasteiger partial charge in [-0.3, -0.25) is 4.57 Å². The Morgan fingerprint density at radius 2 is 1.62 bits per heavy atom. The molecule has 0 amide bonds. The largest absolute Gasteiger partial charge is 0.494 e. The molecular formula is C22H26ClF2N5O6S. The second-order valence-corrected chi connectivity index (χ2v) is 10.5. The molecule has 11 nitrogen and oxygen atoms in total. The van der Waals surface area contributed by atoms with Gasteiger partial charge in [0.05, 0.1) is 31.1 Å². The van der Waals surface area contributed by atoms with Crippen molar-refractivity contribution in [2.45, 2.75) is 37.1 Å². The summed E-state index contributed by atoms with van der Waals surface area (Å²) in [5, 5.41) is 7.31. The predicted octanol–water partition coefficient (Wildman–Crippen LogP) is 3.20. The van der Waals surface area contributed by atoms with Gasteiger partial charge in [-0.1, -0.05) is 17.7 Å². The van der Waals surface area contributed by atoms with Crippen LogP contribution >= 0.6 is 11.6 Å². The van der Waals surface area contributed by atoms with Crippen LogP contribution in [0.5, 0.6) is 11.5 Å². The number of nitrogens with zero attached hydrogens (tertiary/aromatic N) is 5. The molecule has 2 aromatic heterocycles. The fourth-order valence-corrected chi connectivity index (χ4v) is 5.15. The van der Waals surface area contributed by atoms with Crippen LogP contribution in [-0.2, 0) is 31.5 Å². The number of para-hydroxylation sites is 1. The summed E-state index contributed by atoms with van der Waals surface area (Å²) in [4.78, 5) is 8.16. The van der Waals surface area contributed by atoms with E-state index in [-0.39, 0.29) is 35.5 Å². The van der Waals surface area contributed by atoms with Gasteiger partial charge in [0.2, 0.25) is 0 Å². The van der Waals surface area contributed by atoms with E-state index in [1.807, 2.05) is 0 Å². The van der Waals surface area contributed by atoms with E-state index in [1.165, 1.54) is 45.2 Å². The van der Waals surface area contributed by atoms with Crippen LogP contribution in [0.3, 0.4) is 0 Å². The van der Waals surface area contributed by atoms with Gasteiger partial charge in [0.25, 0.3) is 0 Å². The lowest BCUT2D eigenvalue weighted by atomic mass is 10.2. The van der Waals surface area contributed by atoms with E-state index in [1.54, 1.807) is 18.2 Å². The first kappa shape index (κ1) is 28.6. The maximum absolute atomic E-state index is 13.5. The maximum Gasteiger partial charge on any atom is 0.345 e. The van der Waals surface area contributed by atoms with Gasteiger partial charge < -0.3 is 18.9 Å². The molecule has 37 heavy (non-hydrogen) atoms. The molecule has 2 heterocycles. The zero-order chi connectivity index (χ0) is 27.2. The van der Waals surface area contributed by atoms with Crippen molar-refractivity contribution in [1.29, 1.82) is 0 Å². The van der Waals surface area contributed by atoms with E-state index in [9.17, 15) is 17.2 Å². The standard InChI is InChI=1S/C22H26ClF2N5O6S/c1-13(20(35-4)21-26-10-14(23)11-27-21)37(31,32)12-18-29-28-17(8-9-36-22(24)25)30(18)19-15(33-2)6-5-7-16(19)34-3/h5-7,10-11,13,20,22H,8-9,12H2,1-4H3/t13-,20-/m0/s1. The second kappa shape index (κ2) is 12.5. The smallest absolute Gasteiger partial charge is 0.345 e. The summed E-state index contributed by atoms with van der Waals surface area (Å²) < 4.78 is 74.3. The monoisotopic (exact) mass is 561 g/mol. The third-order valence-corrected chi connectivity index (χ3v) is 7.70. The summed E-state index contributed by atoms with van der Waals surface area (Å²) in [5.74, 6) is 0.392. The number of methoxy groups -OCH3 is 3. The number of sulfone groups is 1. The fraction of sp³-hybridized carbons (Fsp3) is 0.455. The number of hydrogen-bond acceptors (Lipinski definition) is 10. The molecule has 0 fully saturated rings. The van der Waals surface area contributed by atoms with Gasteiger partial charge >= 0.3 is 6.61 Å². The highest BCUT2D eigenvalue weighted by Crippen LogP contribution is 2.35. The number of hydrogen-bond donors (Lipinski definition) is 0. The Morgan fingerprint density at radius 1 is 1.03 bits per heavy atom. The molecule has 202 valence electrons. The molecule has 0 radical (unpaired) electrons. The van der Waals surface area contributed by atoms with E-state index < -0.39 is 33.6 Å². The van der Waals surface area contributed by atoms with Crippen LogP contribution in [-0.4, -0.2) is 72.9 Å². The minimum absolute atomic E-state index is 0.00794. The van der Waals surface area contributed by atoms with Gasteiger partial charge in [-0.05, 0) is 19.1 Å². The molecule has 0 aliphatic heterocycles. The minimum atomic E-state index is -3.97. The number of alkyl halides is 2. The van der Waals surface area contributed by atoms with Gasteiger partial charge in [0.15, 0.2) is 21.5 Å². The SMILES string of the molecule is COc1cccc(OC)c1-n1c(CCOC(F)F)nnc1CS(=O)(=O)[C@@H](C)[C@H](OC)c1ncc(Cl)cn1. The molecule has 1 aromatic carbocycles. The molecule has 0 spiro atoms. The lowest BCUT2D eigenvalue weighted by Crippen LogP contribution is -2.30. The van der Waals surface area contributed by atoms with Gasteiger partial charge in [-0.15, -0.1) is 10.2 Å². The molecular weight excluding hydrogens is 536 g/mol. The van der Waals surface area contributed by atoms with E-state index in [4.69, 9.17) is 25.8 Å². The van der Waals surface area contributed by atoms with Crippen molar-refractivity contribution in [1.82, 2.24) is 24.7 Å². The van der Waals surface area contributed by atoms with Crippen molar-refractivity contribution in [2.75, 3.05) is 27.9 Å². The zero-order valence-electron chi connectivity index (χ0n) is 20.5. The average molecular weight is 562 g/mol. The zero-order valence-corrected chi connectivity index (χ0v) is 22.0. The summed E-state index contributed by atoms with van der Waals surface area (Å²) in [6.45, 7) is -1.89. The normalized spacial score (nSPS) is 13.5. The molecule has 15 heteroatoms. The van der Waals surface area contributed by atoms with E-state index in [0.29, 0.717) is 17.2 Å². The van der Waals surface area contributed by atoms with E-state index in [2.05, 4.69) is 24.9 Å². The molecule has 2 atom stereocenters. The lowest BCUT2D eigenvalue weighted by Gasteiger charge is -2.22. The first-order valence-corrected chi connectivity index (χ1v) is 13.0. The summed E-state index contributed by atoms with van der Waals surface area (Å²) in [6.07, 6.45) is 1.59. The Kier molecular flexibility index (Phi) is 9.70. The highest BCUT2D eigenvalue weighted by molar-refractivity contribution is 7.91. The number of halogens is 3. The summed E-state index contributed by atoms with van der Waals surface area (Å²) in [7, 11) is 0.231. The topological polar surface area (TPSA) is 128 Å². The highest BCUT2D eigenvalue weighted by atomic mass is 35.5. The molecule has 0 aliphatic rings. The van der Waals surface area contributed by atoms with Crippen molar-refractivity contribution < 1.29 is 36.1 Å². The van der Waals surface area contributed by atoms with Crippen molar-refractivity contribution in [3.05, 3.63) is 53.1 Å². The Morgan fingerprint density at radius 3 is 2.16 bits per heavy atom. The van der Waals surface area contributed by atoms with Crippen molar-refractivity contribution in [2.24, 2.45) is 0 Å². The Bertz CT molecular complexity index is 1270. The van der Waals surface area contributed by atoms with Crippen LogP contribution in [0, 0.1) is 0 Å². The van der Waals surface area contributed by atoms with Crippen LogP contribution in [0.1, 0.15) is 30.5 Å². The summed E-state index contributed by atoms with van der Waals surface area (Å²) >= 11 is 5.84. The summed E-state index contributed by atoms with van der Waals surface area (Å²) in [5.41, 5.74) is 0.312. The van der Waals surface area contributed by atoms with Crippen molar-refractivity contribution in [3.8, 4) is 17.2 Å². The Balaban J connectivity index is 2.04. The molecule has 0 saturated carbocycles. The van der Waals surface area contributed by atoms with Crippen molar-refractivity contribution >= 4 is 21.4 Å². The Hall–Kier alpha value is -2.94. The molecule has 0 saturated heterocycles. The third kappa shape index (κ3) is 6.69. The first-order valence-electron chi connectivity index (χ1n) is 10.9. The number of aromatic nitrogens is 5.